The van der Waals surface area contributed by atoms with E-state index in [9.17, 15) is 19.7 Å². The molecule has 9 nitrogen and oxygen atoms in total. The number of amides is 2. The van der Waals surface area contributed by atoms with Crippen LogP contribution < -0.4 is 15.4 Å². The third kappa shape index (κ3) is 6.06. The predicted octanol–water partition coefficient (Wildman–Crippen LogP) is 3.81. The van der Waals surface area contributed by atoms with Crippen LogP contribution in [0, 0.1) is 10.1 Å². The van der Waals surface area contributed by atoms with Gasteiger partial charge in [-0.25, -0.2) is 0 Å². The van der Waals surface area contributed by atoms with Crippen molar-refractivity contribution in [3.63, 3.8) is 0 Å². The van der Waals surface area contributed by atoms with Crippen molar-refractivity contribution in [2.24, 2.45) is 0 Å². The lowest BCUT2D eigenvalue weighted by molar-refractivity contribution is -0.384. The van der Waals surface area contributed by atoms with E-state index >= 15 is 0 Å². The van der Waals surface area contributed by atoms with Gasteiger partial charge in [0.2, 0.25) is 11.8 Å². The Hall–Kier alpha value is -2.88. The molecule has 2 aromatic rings. The van der Waals surface area contributed by atoms with Crippen LogP contribution in [0.3, 0.4) is 0 Å². The van der Waals surface area contributed by atoms with E-state index in [1.165, 1.54) is 30.2 Å². The number of non-ortho nitro benzene ring substituents is 1. The van der Waals surface area contributed by atoms with Gasteiger partial charge < -0.3 is 15.4 Å². The highest BCUT2D eigenvalue weighted by atomic mass is 35.5. The van der Waals surface area contributed by atoms with Crippen LogP contribution in [-0.4, -0.2) is 48.4 Å². The van der Waals surface area contributed by atoms with Gasteiger partial charge in [-0.1, -0.05) is 23.2 Å². The van der Waals surface area contributed by atoms with Crippen molar-refractivity contribution in [2.45, 2.75) is 13.0 Å². The van der Waals surface area contributed by atoms with Gasteiger partial charge in [0.15, 0.2) is 0 Å². The van der Waals surface area contributed by atoms with Crippen LogP contribution in [0.15, 0.2) is 36.4 Å². The highest BCUT2D eigenvalue weighted by Crippen LogP contribution is 2.28. The number of ether oxygens (including phenoxy) is 1. The number of carbonyl (C=O) groups is 2. The van der Waals surface area contributed by atoms with Gasteiger partial charge in [-0.3, -0.25) is 24.6 Å². The molecule has 2 N–H and O–H groups in total. The molecule has 160 valence electrons. The smallest absolute Gasteiger partial charge is 0.271 e. The van der Waals surface area contributed by atoms with E-state index < -0.39 is 16.9 Å². The molecular weight excluding hydrogens is 435 g/mol. The van der Waals surface area contributed by atoms with Crippen molar-refractivity contribution in [1.82, 2.24) is 4.90 Å². The minimum atomic E-state index is -0.729. The van der Waals surface area contributed by atoms with Crippen LogP contribution in [0.2, 0.25) is 10.0 Å². The summed E-state index contributed by atoms with van der Waals surface area (Å²) < 4.78 is 5.18. The summed E-state index contributed by atoms with van der Waals surface area (Å²) in [5.41, 5.74) is 0.318. The fraction of sp³-hybridized carbons (Fsp3) is 0.263. The first-order valence-corrected chi connectivity index (χ1v) is 9.46. The molecule has 1 atom stereocenters. The van der Waals surface area contributed by atoms with E-state index in [0.717, 1.165) is 0 Å². The maximum atomic E-state index is 12.5. The number of methoxy groups -OCH3 is 1. The molecule has 0 saturated carbocycles. The molecule has 0 bridgehead atoms. The zero-order valence-corrected chi connectivity index (χ0v) is 18.0. The Morgan fingerprint density at radius 2 is 1.87 bits per heavy atom. The first kappa shape index (κ1) is 23.4. The van der Waals surface area contributed by atoms with Crippen LogP contribution >= 0.6 is 23.2 Å². The Morgan fingerprint density at radius 3 is 2.50 bits per heavy atom. The molecule has 0 spiro atoms. The van der Waals surface area contributed by atoms with Gasteiger partial charge in [0.1, 0.15) is 5.75 Å². The lowest BCUT2D eigenvalue weighted by atomic mass is 10.2. The highest BCUT2D eigenvalue weighted by Gasteiger charge is 2.22. The minimum absolute atomic E-state index is 0.104. The molecule has 2 amide bonds. The van der Waals surface area contributed by atoms with Crippen LogP contribution in [0.1, 0.15) is 6.92 Å². The Bertz CT molecular complexity index is 970. The van der Waals surface area contributed by atoms with Gasteiger partial charge in [0, 0.05) is 17.2 Å². The fourth-order valence-corrected chi connectivity index (χ4v) is 2.83. The monoisotopic (exact) mass is 454 g/mol. The maximum absolute atomic E-state index is 12.5. The number of likely N-dealkylation sites (N-methyl/N-ethyl adjacent to an activating group) is 1. The molecule has 0 radical (unpaired) electrons. The quantitative estimate of drug-likeness (QED) is 0.462. The minimum Gasteiger partial charge on any atom is -0.495 e. The average molecular weight is 455 g/mol. The molecule has 0 aromatic heterocycles. The van der Waals surface area contributed by atoms with Crippen LogP contribution in [0.5, 0.6) is 5.75 Å². The van der Waals surface area contributed by atoms with E-state index in [4.69, 9.17) is 27.9 Å². The van der Waals surface area contributed by atoms with Crippen LogP contribution in [-0.2, 0) is 9.59 Å². The zero-order valence-electron chi connectivity index (χ0n) is 16.4. The molecular formula is C19H20Cl2N4O5. The summed E-state index contributed by atoms with van der Waals surface area (Å²) in [6, 6.07) is 7.82. The topological polar surface area (TPSA) is 114 Å². The Kier molecular flexibility index (Phi) is 7.99. The second-order valence-corrected chi connectivity index (χ2v) is 7.24. The van der Waals surface area contributed by atoms with E-state index in [2.05, 4.69) is 10.6 Å². The van der Waals surface area contributed by atoms with Crippen molar-refractivity contribution < 1.29 is 19.2 Å². The molecule has 0 heterocycles. The maximum Gasteiger partial charge on any atom is 0.271 e. The third-order valence-electron chi connectivity index (χ3n) is 4.29. The van der Waals surface area contributed by atoms with Gasteiger partial charge in [-0.05, 0) is 38.2 Å². The van der Waals surface area contributed by atoms with Crippen molar-refractivity contribution in [3.05, 3.63) is 56.6 Å². The van der Waals surface area contributed by atoms with E-state index in [0.29, 0.717) is 16.5 Å². The van der Waals surface area contributed by atoms with E-state index in [1.807, 2.05) is 0 Å². The number of nitro groups is 1. The largest absolute Gasteiger partial charge is 0.495 e. The molecule has 1 unspecified atom stereocenters. The Morgan fingerprint density at radius 1 is 1.17 bits per heavy atom. The van der Waals surface area contributed by atoms with E-state index in [-0.39, 0.29) is 28.8 Å². The van der Waals surface area contributed by atoms with Crippen molar-refractivity contribution >= 4 is 52.1 Å². The number of halogens is 2. The number of anilines is 2. The number of rotatable bonds is 8. The SMILES string of the molecule is COc1ccc(Cl)cc1NC(=O)CN(C)C(C)C(=O)Nc1cc([N+](=O)[O-])ccc1Cl. The molecule has 2 aromatic carbocycles. The molecule has 0 aliphatic carbocycles. The summed E-state index contributed by atoms with van der Waals surface area (Å²) in [6.45, 7) is 1.49. The lowest BCUT2D eigenvalue weighted by Gasteiger charge is -2.23. The van der Waals surface area contributed by atoms with E-state index in [1.54, 1.807) is 32.2 Å². The molecule has 11 heteroatoms. The average Bonchev–Trinajstić information content (AvgIpc) is 2.68. The Balaban J connectivity index is 2.01. The summed E-state index contributed by atoms with van der Waals surface area (Å²) in [4.78, 5) is 36.7. The van der Waals surface area contributed by atoms with Gasteiger partial charge >= 0.3 is 0 Å². The van der Waals surface area contributed by atoms with Crippen molar-refractivity contribution in [3.8, 4) is 5.75 Å². The molecule has 2 rings (SSSR count). The molecule has 0 aliphatic rings. The number of hydrogen-bond acceptors (Lipinski definition) is 6. The van der Waals surface area contributed by atoms with Crippen LogP contribution in [0.25, 0.3) is 0 Å². The Labute approximate surface area is 183 Å². The predicted molar refractivity (Wildman–Crippen MR) is 115 cm³/mol. The zero-order chi connectivity index (χ0) is 22.4. The first-order chi connectivity index (χ1) is 14.1. The second-order valence-electron chi connectivity index (χ2n) is 6.39. The molecule has 0 saturated heterocycles. The van der Waals surface area contributed by atoms with Gasteiger partial charge in [0.05, 0.1) is 41.0 Å². The van der Waals surface area contributed by atoms with Gasteiger partial charge in [-0.2, -0.15) is 0 Å². The molecule has 0 aliphatic heterocycles. The summed E-state index contributed by atoms with van der Waals surface area (Å²) in [7, 11) is 3.06. The lowest BCUT2D eigenvalue weighted by Crippen LogP contribution is -2.43. The fourth-order valence-electron chi connectivity index (χ4n) is 2.49. The summed E-state index contributed by atoms with van der Waals surface area (Å²) in [5, 5.41) is 16.7. The normalized spacial score (nSPS) is 11.7. The van der Waals surface area contributed by atoms with Gasteiger partial charge in [0.25, 0.3) is 5.69 Å². The number of nitro benzene ring substituents is 1. The highest BCUT2D eigenvalue weighted by molar-refractivity contribution is 6.33. The molecule has 0 fully saturated rings. The second kappa shape index (κ2) is 10.2. The van der Waals surface area contributed by atoms with Crippen molar-refractivity contribution in [2.75, 3.05) is 31.3 Å². The first-order valence-electron chi connectivity index (χ1n) is 8.70. The number of nitrogens with zero attached hydrogens (tertiary/aromatic N) is 2. The molecule has 30 heavy (non-hydrogen) atoms. The van der Waals surface area contributed by atoms with Gasteiger partial charge in [-0.15, -0.1) is 0 Å². The number of nitrogens with one attached hydrogen (secondary N) is 2. The van der Waals surface area contributed by atoms with Crippen LogP contribution in [0.4, 0.5) is 17.1 Å². The summed E-state index contributed by atoms with van der Waals surface area (Å²) in [6.07, 6.45) is 0. The summed E-state index contributed by atoms with van der Waals surface area (Å²) in [5.74, 6) is -0.416. The summed E-state index contributed by atoms with van der Waals surface area (Å²) >= 11 is 12.0. The number of carbonyl (C=O) groups excluding carboxylic acids is 2. The standard InChI is InChI=1S/C19H20Cl2N4O5/c1-11(19(27)23-15-9-13(25(28)29)5-6-14(15)21)24(2)10-18(26)22-16-8-12(20)4-7-17(16)30-3/h4-9,11H,10H2,1-3H3,(H,22,26)(H,23,27). The third-order valence-corrected chi connectivity index (χ3v) is 4.85. The van der Waals surface area contributed by atoms with Crippen molar-refractivity contribution in [1.29, 1.82) is 0 Å². The number of hydrogen-bond donors (Lipinski definition) is 2. The number of benzene rings is 2.